The molecule has 0 spiro atoms. The third kappa shape index (κ3) is 4.83. The van der Waals surface area contributed by atoms with E-state index in [2.05, 4.69) is 20.7 Å². The molecule has 0 saturated heterocycles. The average Bonchev–Trinajstić information content (AvgIpc) is 3.29. The van der Waals surface area contributed by atoms with E-state index in [9.17, 15) is 31.2 Å². The van der Waals surface area contributed by atoms with Gasteiger partial charge in [-0.1, -0.05) is 0 Å². The van der Waals surface area contributed by atoms with Crippen LogP contribution in [0.5, 0.6) is 0 Å². The summed E-state index contributed by atoms with van der Waals surface area (Å²) in [5, 5.41) is 7.51. The summed E-state index contributed by atoms with van der Waals surface area (Å²) in [7, 11) is -4.23. The number of hydrogen-bond donors (Lipinski definition) is 4. The number of nitrogens with one attached hydrogen (secondary N) is 4. The van der Waals surface area contributed by atoms with Crippen LogP contribution < -0.4 is 20.7 Å². The Morgan fingerprint density at radius 3 is 2.24 bits per heavy atom. The van der Waals surface area contributed by atoms with E-state index < -0.39 is 44.6 Å². The van der Waals surface area contributed by atoms with E-state index in [0.717, 1.165) is 6.07 Å². The zero-order valence-corrected chi connectivity index (χ0v) is 17.3. The number of hydrogen-bond acceptors (Lipinski definition) is 6. The van der Waals surface area contributed by atoms with Crippen molar-refractivity contribution in [2.45, 2.75) is 17.2 Å². The normalized spacial score (nSPS) is 16.9. The van der Waals surface area contributed by atoms with E-state index in [4.69, 9.17) is 4.42 Å². The van der Waals surface area contributed by atoms with Crippen molar-refractivity contribution >= 4 is 38.9 Å². The Morgan fingerprint density at radius 2 is 1.64 bits per heavy atom. The highest BCUT2D eigenvalue weighted by Crippen LogP contribution is 2.35. The largest absolute Gasteiger partial charge is 0.459 e. The first-order valence-electron chi connectivity index (χ1n) is 9.29. The molecule has 4 N–H and O–H groups in total. The van der Waals surface area contributed by atoms with Gasteiger partial charge in [0.1, 0.15) is 4.90 Å². The van der Waals surface area contributed by atoms with Gasteiger partial charge < -0.3 is 20.4 Å². The lowest BCUT2D eigenvalue weighted by atomic mass is 10.2. The molecule has 9 nitrogen and oxygen atoms in total. The second-order valence-corrected chi connectivity index (χ2v) is 8.59. The monoisotopic (exact) mass is 480 g/mol. The van der Waals surface area contributed by atoms with Gasteiger partial charge in [-0.15, -0.1) is 0 Å². The van der Waals surface area contributed by atoms with Gasteiger partial charge in [-0.3, -0.25) is 9.59 Å². The van der Waals surface area contributed by atoms with Crippen molar-refractivity contribution in [3.63, 3.8) is 0 Å². The van der Waals surface area contributed by atoms with Crippen molar-refractivity contribution in [1.29, 1.82) is 0 Å². The number of carbonyl (C=O) groups excluding carboxylic acids is 2. The zero-order chi connectivity index (χ0) is 23.8. The van der Waals surface area contributed by atoms with Crippen LogP contribution in [0.4, 0.5) is 30.2 Å². The van der Waals surface area contributed by atoms with Crippen LogP contribution in [-0.4, -0.2) is 26.4 Å². The van der Waals surface area contributed by atoms with E-state index in [0.29, 0.717) is 17.8 Å². The van der Waals surface area contributed by atoms with Crippen LogP contribution in [0.15, 0.2) is 70.2 Å². The van der Waals surface area contributed by atoms with E-state index in [1.807, 2.05) is 0 Å². The molecule has 1 aromatic heterocycles. The molecule has 0 saturated carbocycles. The molecule has 1 aliphatic heterocycles. The van der Waals surface area contributed by atoms with E-state index in [1.165, 1.54) is 36.6 Å². The van der Waals surface area contributed by atoms with Gasteiger partial charge in [0.05, 0.1) is 17.5 Å². The Labute approximate surface area is 185 Å². The molecule has 33 heavy (non-hydrogen) atoms. The van der Waals surface area contributed by atoms with Crippen molar-refractivity contribution < 1.29 is 35.6 Å². The highest BCUT2D eigenvalue weighted by Gasteiger charge is 2.37. The van der Waals surface area contributed by atoms with Crippen LogP contribution in [0, 0.1) is 0 Å². The predicted molar refractivity (Wildman–Crippen MR) is 111 cm³/mol. The number of benzene rings is 2. The lowest BCUT2D eigenvalue weighted by molar-refractivity contribution is -0.137. The lowest BCUT2D eigenvalue weighted by Gasteiger charge is -2.27. The molecule has 0 fully saturated rings. The molecule has 1 aliphatic rings. The fraction of sp³-hybridized carbons (Fsp3) is 0.100. The number of sulfonamides is 1. The standard InChI is InChI=1S/C20H15F3N4O5S/c21-20(22,23)11-3-8-16-14(10-11)26-17(27-33(16,30)31)19(29)25-13-6-4-12(5-7-13)24-18(28)15-2-1-9-32-15/h1-10,17,26-27H,(H,24,28)(H,25,29). The summed E-state index contributed by atoms with van der Waals surface area (Å²) in [6.07, 6.45) is -4.88. The first-order valence-corrected chi connectivity index (χ1v) is 10.8. The van der Waals surface area contributed by atoms with Crippen LogP contribution in [0.2, 0.25) is 0 Å². The van der Waals surface area contributed by atoms with E-state index in [1.54, 1.807) is 6.07 Å². The molecule has 4 rings (SSSR count). The van der Waals surface area contributed by atoms with Gasteiger partial charge in [0.15, 0.2) is 11.9 Å². The third-order valence-electron chi connectivity index (χ3n) is 4.59. The van der Waals surface area contributed by atoms with Crippen LogP contribution in [0.25, 0.3) is 0 Å². The van der Waals surface area contributed by atoms with Gasteiger partial charge in [0.2, 0.25) is 10.0 Å². The Balaban J connectivity index is 1.46. The number of rotatable bonds is 4. The Bertz CT molecular complexity index is 1310. The first kappa shape index (κ1) is 22.4. The maximum absolute atomic E-state index is 13.0. The zero-order valence-electron chi connectivity index (χ0n) is 16.4. The minimum absolute atomic E-state index is 0.108. The van der Waals surface area contributed by atoms with Crippen molar-refractivity contribution in [2.24, 2.45) is 0 Å². The third-order valence-corrected chi connectivity index (χ3v) is 6.07. The molecule has 0 radical (unpaired) electrons. The number of halogens is 3. The van der Waals surface area contributed by atoms with E-state index >= 15 is 0 Å². The van der Waals surface area contributed by atoms with Gasteiger partial charge >= 0.3 is 6.18 Å². The minimum atomic E-state index is -4.68. The average molecular weight is 480 g/mol. The van der Waals surface area contributed by atoms with Crippen LogP contribution in [0.1, 0.15) is 16.1 Å². The van der Waals surface area contributed by atoms with Crippen LogP contribution in [0.3, 0.4) is 0 Å². The molecule has 172 valence electrons. The van der Waals surface area contributed by atoms with Crippen molar-refractivity contribution in [2.75, 3.05) is 16.0 Å². The summed E-state index contributed by atoms with van der Waals surface area (Å²) >= 11 is 0. The molecule has 2 amide bonds. The lowest BCUT2D eigenvalue weighted by Crippen LogP contribution is -2.51. The van der Waals surface area contributed by atoms with Crippen molar-refractivity contribution in [1.82, 2.24) is 4.72 Å². The maximum Gasteiger partial charge on any atom is 0.416 e. The second-order valence-electron chi connectivity index (χ2n) is 6.91. The first-order chi connectivity index (χ1) is 15.5. The van der Waals surface area contributed by atoms with Crippen molar-refractivity contribution in [3.05, 3.63) is 72.2 Å². The van der Waals surface area contributed by atoms with Gasteiger partial charge in [0.25, 0.3) is 11.8 Å². The molecule has 1 atom stereocenters. The van der Waals surface area contributed by atoms with Gasteiger partial charge in [0, 0.05) is 11.4 Å². The number of fused-ring (bicyclic) bond motifs is 1. The summed E-state index contributed by atoms with van der Waals surface area (Å²) in [6.45, 7) is 0. The molecule has 1 unspecified atom stereocenters. The Hall–Kier alpha value is -3.84. The summed E-state index contributed by atoms with van der Waals surface area (Å²) in [6, 6.07) is 11.0. The number of anilines is 3. The molecule has 3 aromatic rings. The Morgan fingerprint density at radius 1 is 0.970 bits per heavy atom. The van der Waals surface area contributed by atoms with Crippen LogP contribution in [-0.2, 0) is 21.0 Å². The smallest absolute Gasteiger partial charge is 0.416 e. The molecular formula is C20H15F3N4O5S. The fourth-order valence-electron chi connectivity index (χ4n) is 3.03. The van der Waals surface area contributed by atoms with Crippen LogP contribution >= 0.6 is 0 Å². The minimum Gasteiger partial charge on any atom is -0.459 e. The summed E-state index contributed by atoms with van der Waals surface area (Å²) < 4.78 is 70.8. The SMILES string of the molecule is O=C(Nc1ccc(NC(=O)C2Nc3cc(C(F)(F)F)ccc3S(=O)(=O)N2)cc1)c1ccco1. The number of furan rings is 1. The summed E-state index contributed by atoms with van der Waals surface area (Å²) in [5.41, 5.74) is -0.747. The fourth-order valence-corrected chi connectivity index (χ4v) is 4.29. The van der Waals surface area contributed by atoms with Gasteiger partial charge in [-0.05, 0) is 54.6 Å². The molecular weight excluding hydrogens is 465 g/mol. The quantitative estimate of drug-likeness (QED) is 0.454. The predicted octanol–water partition coefficient (Wildman–Crippen LogP) is 3.22. The summed E-state index contributed by atoms with van der Waals surface area (Å²) in [5.74, 6) is -1.22. The highest BCUT2D eigenvalue weighted by molar-refractivity contribution is 7.89. The number of carbonyl (C=O) groups is 2. The molecule has 13 heteroatoms. The second kappa shape index (κ2) is 8.26. The molecule has 2 aromatic carbocycles. The maximum atomic E-state index is 13.0. The topological polar surface area (TPSA) is 130 Å². The van der Waals surface area contributed by atoms with Gasteiger partial charge in [-0.25, -0.2) is 8.42 Å². The van der Waals surface area contributed by atoms with Crippen molar-refractivity contribution in [3.8, 4) is 0 Å². The molecule has 0 bridgehead atoms. The highest BCUT2D eigenvalue weighted by atomic mass is 32.2. The van der Waals surface area contributed by atoms with E-state index in [-0.39, 0.29) is 17.1 Å². The number of alkyl halides is 3. The molecule has 2 heterocycles. The van der Waals surface area contributed by atoms with Gasteiger partial charge in [-0.2, -0.15) is 17.9 Å². The summed E-state index contributed by atoms with van der Waals surface area (Å²) in [4.78, 5) is 24.1. The number of amides is 2. The molecule has 0 aliphatic carbocycles. The Kier molecular flexibility index (Phi) is 5.59.